The van der Waals surface area contributed by atoms with E-state index in [2.05, 4.69) is 48.6 Å². The van der Waals surface area contributed by atoms with Gasteiger partial charge in [0, 0.05) is 0 Å². The van der Waals surface area contributed by atoms with Crippen molar-refractivity contribution in [2.45, 2.75) is 32.1 Å². The van der Waals surface area contributed by atoms with Crippen LogP contribution < -0.4 is 0 Å². The molecule has 0 saturated carbocycles. The Kier molecular flexibility index (Phi) is 5.87. The van der Waals surface area contributed by atoms with Gasteiger partial charge in [-0.15, -0.1) is 0 Å². The maximum Gasteiger partial charge on any atom is -0.0166 e. The van der Waals surface area contributed by atoms with E-state index in [0.29, 0.717) is 0 Å². The van der Waals surface area contributed by atoms with Crippen LogP contribution in [0.4, 0.5) is 0 Å². The fourth-order valence-electron chi connectivity index (χ4n) is 1.25. The summed E-state index contributed by atoms with van der Waals surface area (Å²) in [6, 6.07) is 0. The van der Waals surface area contributed by atoms with Crippen molar-refractivity contribution in [2.75, 3.05) is 0 Å². The first-order valence-electron chi connectivity index (χ1n) is 5.12. The lowest BCUT2D eigenvalue weighted by Crippen LogP contribution is -1.66. The molecule has 0 N–H and O–H groups in total. The summed E-state index contributed by atoms with van der Waals surface area (Å²) in [4.78, 5) is 0. The molecule has 13 heavy (non-hydrogen) atoms. The maximum absolute atomic E-state index is 2.28. The number of hydrogen-bond donors (Lipinski definition) is 0. The van der Waals surface area contributed by atoms with Crippen LogP contribution in [0.5, 0.6) is 0 Å². The normalized spacial score (nSPS) is 24.0. The highest BCUT2D eigenvalue weighted by atomic mass is 13.9. The van der Waals surface area contributed by atoms with Gasteiger partial charge < -0.3 is 0 Å². The first-order valence-corrected chi connectivity index (χ1v) is 5.12. The second-order valence-corrected chi connectivity index (χ2v) is 3.19. The minimum atomic E-state index is 1.06. The van der Waals surface area contributed by atoms with Crippen LogP contribution in [0.1, 0.15) is 32.1 Å². The van der Waals surface area contributed by atoms with Gasteiger partial charge in [0.1, 0.15) is 0 Å². The van der Waals surface area contributed by atoms with Crippen LogP contribution in [0, 0.1) is 0 Å². The SMILES string of the molecule is C1=CC/C=C/CC/C=C/CCC=C1. The lowest BCUT2D eigenvalue weighted by molar-refractivity contribution is 1.00. The van der Waals surface area contributed by atoms with E-state index in [1.165, 1.54) is 19.3 Å². The van der Waals surface area contributed by atoms with Crippen molar-refractivity contribution in [3.8, 4) is 0 Å². The molecule has 1 aliphatic carbocycles. The zero-order valence-corrected chi connectivity index (χ0v) is 8.15. The van der Waals surface area contributed by atoms with E-state index >= 15 is 0 Å². The highest BCUT2D eigenvalue weighted by Crippen LogP contribution is 2.00. The molecule has 1 aliphatic rings. The summed E-state index contributed by atoms with van der Waals surface area (Å²) >= 11 is 0. The van der Waals surface area contributed by atoms with Crippen molar-refractivity contribution in [3.05, 3.63) is 48.6 Å². The molecule has 0 heteroatoms. The molecule has 0 aromatic rings. The van der Waals surface area contributed by atoms with Gasteiger partial charge in [0.05, 0.1) is 0 Å². The molecule has 0 amide bonds. The van der Waals surface area contributed by atoms with Crippen LogP contribution >= 0.6 is 0 Å². The van der Waals surface area contributed by atoms with Crippen molar-refractivity contribution in [3.63, 3.8) is 0 Å². The van der Waals surface area contributed by atoms with Crippen LogP contribution in [0.3, 0.4) is 0 Å². The van der Waals surface area contributed by atoms with E-state index in [1.807, 2.05) is 0 Å². The second kappa shape index (κ2) is 7.60. The fraction of sp³-hybridized carbons (Fsp3) is 0.385. The molecule has 0 fully saturated rings. The lowest BCUT2D eigenvalue weighted by Gasteiger charge is -1.87. The minimum absolute atomic E-state index is 1.06. The Morgan fingerprint density at radius 2 is 1.00 bits per heavy atom. The molecular weight excluding hydrogens is 156 g/mol. The Hall–Kier alpha value is -1.04. The minimum Gasteiger partial charge on any atom is -0.0882 e. The first kappa shape index (κ1) is 10.0. The van der Waals surface area contributed by atoms with Crippen LogP contribution in [-0.2, 0) is 0 Å². The fourth-order valence-corrected chi connectivity index (χ4v) is 1.25. The Morgan fingerprint density at radius 1 is 0.462 bits per heavy atom. The summed E-state index contributed by atoms with van der Waals surface area (Å²) in [5.41, 5.74) is 0. The molecule has 0 aromatic heterocycles. The lowest BCUT2D eigenvalue weighted by atomic mass is 10.2. The molecule has 1 rings (SSSR count). The van der Waals surface area contributed by atoms with Crippen molar-refractivity contribution in [1.82, 2.24) is 0 Å². The number of hydrogen-bond acceptors (Lipinski definition) is 0. The standard InChI is InChI=1S/C13H18/c1-2-4-6-8-10-12-13-11-9-7-5-3-1/h1-4,7,9-10,12H,5-6,8,11,13H2/b3-1?,4-2?,9-7+,12-10+. The number of allylic oxidation sites excluding steroid dienone is 8. The average molecular weight is 174 g/mol. The molecule has 0 saturated heterocycles. The summed E-state index contributed by atoms with van der Waals surface area (Å²) in [5.74, 6) is 0. The predicted octanol–water partition coefficient (Wildman–Crippen LogP) is 4.18. The molecule has 0 aromatic carbocycles. The Morgan fingerprint density at radius 3 is 1.77 bits per heavy atom. The van der Waals surface area contributed by atoms with Crippen LogP contribution in [0.15, 0.2) is 48.6 Å². The van der Waals surface area contributed by atoms with Gasteiger partial charge in [-0.3, -0.25) is 0 Å². The van der Waals surface area contributed by atoms with Gasteiger partial charge in [0.2, 0.25) is 0 Å². The van der Waals surface area contributed by atoms with Gasteiger partial charge in [-0.2, -0.15) is 0 Å². The van der Waals surface area contributed by atoms with Gasteiger partial charge >= 0.3 is 0 Å². The highest BCUT2D eigenvalue weighted by Gasteiger charge is 1.79. The summed E-state index contributed by atoms with van der Waals surface area (Å²) < 4.78 is 0. The highest BCUT2D eigenvalue weighted by molar-refractivity contribution is 5.05. The molecule has 0 atom stereocenters. The third-order valence-corrected chi connectivity index (χ3v) is 1.99. The van der Waals surface area contributed by atoms with Gasteiger partial charge in [-0.25, -0.2) is 0 Å². The van der Waals surface area contributed by atoms with E-state index in [-0.39, 0.29) is 0 Å². The summed E-state index contributed by atoms with van der Waals surface area (Å²) in [6.45, 7) is 0. The van der Waals surface area contributed by atoms with Crippen LogP contribution in [0.2, 0.25) is 0 Å². The van der Waals surface area contributed by atoms with Crippen molar-refractivity contribution < 1.29 is 0 Å². The van der Waals surface area contributed by atoms with E-state index in [1.54, 1.807) is 0 Å². The maximum atomic E-state index is 2.28. The molecule has 0 heterocycles. The van der Waals surface area contributed by atoms with Gasteiger partial charge in [0.15, 0.2) is 0 Å². The topological polar surface area (TPSA) is 0 Å². The largest absolute Gasteiger partial charge is 0.0882 e. The zero-order chi connectivity index (χ0) is 9.19. The molecule has 70 valence electrons. The Labute approximate surface area is 81.4 Å². The first-order chi connectivity index (χ1) is 6.50. The van der Waals surface area contributed by atoms with Crippen LogP contribution in [0.25, 0.3) is 0 Å². The molecule has 0 nitrogen and oxygen atoms in total. The molecule has 0 aliphatic heterocycles. The van der Waals surface area contributed by atoms with Gasteiger partial charge in [-0.05, 0) is 32.1 Å². The van der Waals surface area contributed by atoms with Gasteiger partial charge in [-0.1, -0.05) is 48.6 Å². The number of rotatable bonds is 0. The smallest absolute Gasteiger partial charge is 0.0166 e. The molecule has 0 bridgehead atoms. The third-order valence-electron chi connectivity index (χ3n) is 1.99. The summed E-state index contributed by atoms with van der Waals surface area (Å²) in [5, 5.41) is 0. The predicted molar refractivity (Wildman–Crippen MR) is 59.6 cm³/mol. The van der Waals surface area contributed by atoms with Crippen molar-refractivity contribution in [1.29, 1.82) is 0 Å². The summed E-state index contributed by atoms with van der Waals surface area (Å²) in [6.07, 6.45) is 23.5. The summed E-state index contributed by atoms with van der Waals surface area (Å²) in [7, 11) is 0. The second-order valence-electron chi connectivity index (χ2n) is 3.19. The Balaban J connectivity index is 2.38. The zero-order valence-electron chi connectivity index (χ0n) is 8.15. The molecule has 0 spiro atoms. The monoisotopic (exact) mass is 174 g/mol. The van der Waals surface area contributed by atoms with E-state index in [0.717, 1.165) is 12.8 Å². The average Bonchev–Trinajstić information content (AvgIpc) is 2.18. The quantitative estimate of drug-likeness (QED) is 0.483. The van der Waals surface area contributed by atoms with E-state index in [9.17, 15) is 0 Å². The van der Waals surface area contributed by atoms with Crippen LogP contribution in [-0.4, -0.2) is 0 Å². The van der Waals surface area contributed by atoms with Crippen molar-refractivity contribution in [2.24, 2.45) is 0 Å². The van der Waals surface area contributed by atoms with Crippen molar-refractivity contribution >= 4 is 0 Å². The molecular formula is C13H18. The van der Waals surface area contributed by atoms with E-state index < -0.39 is 0 Å². The third kappa shape index (κ3) is 6.15. The molecule has 0 radical (unpaired) electrons. The van der Waals surface area contributed by atoms with Gasteiger partial charge in [0.25, 0.3) is 0 Å². The van der Waals surface area contributed by atoms with E-state index in [4.69, 9.17) is 0 Å². The molecule has 0 unspecified atom stereocenters. The Bertz CT molecular complexity index is 216.